The number of sulfonamides is 1. The van der Waals surface area contributed by atoms with E-state index in [2.05, 4.69) is 5.32 Å². The minimum absolute atomic E-state index is 0.237. The average Bonchev–Trinajstić information content (AvgIpc) is 2.45. The van der Waals surface area contributed by atoms with Crippen LogP contribution < -0.4 is 5.32 Å². The first-order valence-electron chi connectivity index (χ1n) is 7.29. The lowest BCUT2D eigenvalue weighted by Crippen LogP contribution is -2.42. The van der Waals surface area contributed by atoms with Crippen LogP contribution in [-0.2, 0) is 21.4 Å². The second kappa shape index (κ2) is 8.87. The molecule has 6 nitrogen and oxygen atoms in total. The fourth-order valence-electron chi connectivity index (χ4n) is 2.11. The van der Waals surface area contributed by atoms with Gasteiger partial charge in [-0.15, -0.1) is 0 Å². The lowest BCUT2D eigenvalue weighted by molar-refractivity contribution is -0.139. The molecular formula is C15H24N2O4S. The van der Waals surface area contributed by atoms with Gasteiger partial charge in [-0.25, -0.2) is 8.42 Å². The summed E-state index contributed by atoms with van der Waals surface area (Å²) in [6, 6.07) is 8.68. The van der Waals surface area contributed by atoms with Crippen LogP contribution in [0.15, 0.2) is 30.3 Å². The Hall–Kier alpha value is -1.44. The molecule has 1 unspecified atom stereocenters. The van der Waals surface area contributed by atoms with Gasteiger partial charge < -0.3 is 10.4 Å². The molecule has 0 radical (unpaired) electrons. The van der Waals surface area contributed by atoms with Gasteiger partial charge in [-0.1, -0.05) is 43.7 Å². The Kier molecular flexibility index (Phi) is 7.50. The van der Waals surface area contributed by atoms with Crippen molar-refractivity contribution < 1.29 is 18.3 Å². The standard InChI is InChI=1S/C15H24N2O4S/c1-3-7-14(15(18)19)16-10-11-17(22(2,20)21)12-13-8-5-4-6-9-13/h4-6,8-9,14,16H,3,7,10-12H2,1-2H3,(H,18,19). The van der Waals surface area contributed by atoms with Crippen LogP contribution in [0.25, 0.3) is 0 Å². The van der Waals surface area contributed by atoms with Crippen molar-refractivity contribution in [1.29, 1.82) is 0 Å². The summed E-state index contributed by atoms with van der Waals surface area (Å²) >= 11 is 0. The number of benzene rings is 1. The second-order valence-corrected chi connectivity index (χ2v) is 7.20. The number of carboxylic acid groups (broad SMARTS) is 1. The maximum atomic E-state index is 11.9. The fraction of sp³-hybridized carbons (Fsp3) is 0.533. The molecule has 7 heteroatoms. The van der Waals surface area contributed by atoms with Crippen LogP contribution in [0.2, 0.25) is 0 Å². The highest BCUT2D eigenvalue weighted by Gasteiger charge is 2.19. The molecule has 0 aliphatic heterocycles. The summed E-state index contributed by atoms with van der Waals surface area (Å²) in [6.07, 6.45) is 2.44. The summed E-state index contributed by atoms with van der Waals surface area (Å²) in [5, 5.41) is 12.0. The summed E-state index contributed by atoms with van der Waals surface area (Å²) in [4.78, 5) is 11.1. The fourth-order valence-corrected chi connectivity index (χ4v) is 2.92. The van der Waals surface area contributed by atoms with E-state index in [4.69, 9.17) is 5.11 Å². The first-order chi connectivity index (χ1) is 10.3. The second-order valence-electron chi connectivity index (χ2n) is 5.22. The number of carboxylic acids is 1. The molecular weight excluding hydrogens is 304 g/mol. The quantitative estimate of drug-likeness (QED) is 0.676. The number of nitrogens with zero attached hydrogens (tertiary/aromatic N) is 1. The lowest BCUT2D eigenvalue weighted by atomic mass is 10.2. The number of hydrogen-bond donors (Lipinski definition) is 2. The van der Waals surface area contributed by atoms with E-state index in [0.717, 1.165) is 18.2 Å². The summed E-state index contributed by atoms with van der Waals surface area (Å²) in [6.45, 7) is 2.74. The van der Waals surface area contributed by atoms with E-state index in [1.165, 1.54) is 4.31 Å². The Labute approximate surface area is 132 Å². The van der Waals surface area contributed by atoms with Gasteiger partial charge in [-0.05, 0) is 12.0 Å². The van der Waals surface area contributed by atoms with Crippen molar-refractivity contribution in [3.05, 3.63) is 35.9 Å². The number of nitrogens with one attached hydrogen (secondary N) is 1. The van der Waals surface area contributed by atoms with E-state index in [0.29, 0.717) is 13.0 Å². The van der Waals surface area contributed by atoms with Crippen molar-refractivity contribution in [2.24, 2.45) is 0 Å². The van der Waals surface area contributed by atoms with E-state index in [9.17, 15) is 13.2 Å². The molecule has 0 bridgehead atoms. The first-order valence-corrected chi connectivity index (χ1v) is 9.14. The van der Waals surface area contributed by atoms with Crippen LogP contribution in [0, 0.1) is 0 Å². The van der Waals surface area contributed by atoms with Crippen LogP contribution in [0.5, 0.6) is 0 Å². The van der Waals surface area contributed by atoms with Gasteiger partial charge in [0.1, 0.15) is 6.04 Å². The van der Waals surface area contributed by atoms with Crippen LogP contribution in [-0.4, -0.2) is 49.2 Å². The van der Waals surface area contributed by atoms with Gasteiger partial charge in [0.05, 0.1) is 6.26 Å². The molecule has 0 amide bonds. The number of aliphatic carboxylic acids is 1. The molecule has 22 heavy (non-hydrogen) atoms. The van der Waals surface area contributed by atoms with E-state index in [1.54, 1.807) is 0 Å². The number of carbonyl (C=O) groups is 1. The van der Waals surface area contributed by atoms with Gasteiger partial charge >= 0.3 is 5.97 Å². The summed E-state index contributed by atoms with van der Waals surface area (Å²) in [5.74, 6) is -0.907. The van der Waals surface area contributed by atoms with Gasteiger partial charge in [0, 0.05) is 19.6 Å². The van der Waals surface area contributed by atoms with Gasteiger partial charge in [0.2, 0.25) is 10.0 Å². The SMILES string of the molecule is CCCC(NCCN(Cc1ccccc1)S(C)(=O)=O)C(=O)O. The Morgan fingerprint density at radius 2 is 1.95 bits per heavy atom. The van der Waals surface area contributed by atoms with Crippen LogP contribution in [0.4, 0.5) is 0 Å². The molecule has 2 N–H and O–H groups in total. The summed E-state index contributed by atoms with van der Waals surface area (Å²) in [5.41, 5.74) is 0.899. The third-order valence-corrected chi connectivity index (χ3v) is 4.55. The molecule has 0 spiro atoms. The zero-order valence-corrected chi connectivity index (χ0v) is 13.8. The van der Waals surface area contributed by atoms with Crippen molar-refractivity contribution >= 4 is 16.0 Å². The third kappa shape index (κ3) is 6.55. The predicted molar refractivity (Wildman–Crippen MR) is 86.0 cm³/mol. The highest BCUT2D eigenvalue weighted by Crippen LogP contribution is 2.08. The van der Waals surface area contributed by atoms with Crippen LogP contribution in [0.3, 0.4) is 0 Å². The first kappa shape index (κ1) is 18.6. The summed E-state index contributed by atoms with van der Waals surface area (Å²) in [7, 11) is -3.35. The largest absolute Gasteiger partial charge is 0.480 e. The molecule has 0 saturated carbocycles. The van der Waals surface area contributed by atoms with E-state index in [-0.39, 0.29) is 13.1 Å². The molecule has 124 valence electrons. The van der Waals surface area contributed by atoms with E-state index < -0.39 is 22.0 Å². The smallest absolute Gasteiger partial charge is 0.320 e. The molecule has 1 atom stereocenters. The average molecular weight is 328 g/mol. The maximum absolute atomic E-state index is 11.9. The molecule has 0 aliphatic carbocycles. The molecule has 0 heterocycles. The van der Waals surface area contributed by atoms with Gasteiger partial charge in [-0.2, -0.15) is 4.31 Å². The minimum atomic E-state index is -3.35. The van der Waals surface area contributed by atoms with Crippen molar-refractivity contribution in [2.45, 2.75) is 32.4 Å². The normalized spacial score (nSPS) is 13.2. The van der Waals surface area contributed by atoms with Crippen LogP contribution in [0.1, 0.15) is 25.3 Å². The van der Waals surface area contributed by atoms with Crippen molar-refractivity contribution in [1.82, 2.24) is 9.62 Å². The van der Waals surface area contributed by atoms with Crippen LogP contribution >= 0.6 is 0 Å². The third-order valence-electron chi connectivity index (χ3n) is 3.30. The molecule has 0 aromatic heterocycles. The molecule has 1 rings (SSSR count). The maximum Gasteiger partial charge on any atom is 0.320 e. The Balaban J connectivity index is 2.61. The van der Waals surface area contributed by atoms with E-state index >= 15 is 0 Å². The van der Waals surface area contributed by atoms with Gasteiger partial charge in [0.25, 0.3) is 0 Å². The molecule has 1 aromatic carbocycles. The van der Waals surface area contributed by atoms with Gasteiger partial charge in [-0.3, -0.25) is 4.79 Å². The Morgan fingerprint density at radius 3 is 2.45 bits per heavy atom. The zero-order valence-electron chi connectivity index (χ0n) is 13.0. The topological polar surface area (TPSA) is 86.7 Å². The number of rotatable bonds is 10. The monoisotopic (exact) mass is 328 g/mol. The molecule has 0 aliphatic rings. The van der Waals surface area contributed by atoms with Crippen molar-refractivity contribution in [3.8, 4) is 0 Å². The minimum Gasteiger partial charge on any atom is -0.480 e. The number of hydrogen-bond acceptors (Lipinski definition) is 4. The highest BCUT2D eigenvalue weighted by atomic mass is 32.2. The predicted octanol–water partition coefficient (Wildman–Crippen LogP) is 1.29. The molecule has 0 fully saturated rings. The zero-order chi connectivity index (χ0) is 16.6. The Bertz CT molecular complexity index is 560. The lowest BCUT2D eigenvalue weighted by Gasteiger charge is -2.21. The van der Waals surface area contributed by atoms with E-state index in [1.807, 2.05) is 37.3 Å². The molecule has 1 aromatic rings. The summed E-state index contributed by atoms with van der Waals surface area (Å²) < 4.78 is 25.1. The highest BCUT2D eigenvalue weighted by molar-refractivity contribution is 7.88. The van der Waals surface area contributed by atoms with Crippen molar-refractivity contribution in [2.75, 3.05) is 19.3 Å². The van der Waals surface area contributed by atoms with Gasteiger partial charge in [0.15, 0.2) is 0 Å². The Morgan fingerprint density at radius 1 is 1.32 bits per heavy atom. The molecule has 0 saturated heterocycles. The van der Waals surface area contributed by atoms with Crippen molar-refractivity contribution in [3.63, 3.8) is 0 Å².